The van der Waals surface area contributed by atoms with Crippen LogP contribution in [-0.2, 0) is 22.3 Å². The fraction of sp³-hybridized carbons (Fsp3) is 0.226. The van der Waals surface area contributed by atoms with Gasteiger partial charge >= 0.3 is 5.97 Å². The molecule has 0 spiro atoms. The van der Waals surface area contributed by atoms with Crippen LogP contribution in [0.25, 0.3) is 0 Å². The van der Waals surface area contributed by atoms with E-state index >= 15 is 0 Å². The van der Waals surface area contributed by atoms with Gasteiger partial charge in [0.25, 0.3) is 11.8 Å². The van der Waals surface area contributed by atoms with Crippen LogP contribution >= 0.6 is 11.3 Å². The first-order valence-corrected chi connectivity index (χ1v) is 14.2. The molecule has 4 N–H and O–H groups in total. The summed E-state index contributed by atoms with van der Waals surface area (Å²) in [5.41, 5.74) is 4.98. The molecule has 1 aliphatic rings. The van der Waals surface area contributed by atoms with Gasteiger partial charge in [0.2, 0.25) is 0 Å². The molecule has 0 fully saturated rings. The summed E-state index contributed by atoms with van der Waals surface area (Å²) in [6.45, 7) is 0.974. The summed E-state index contributed by atoms with van der Waals surface area (Å²) >= 11 is 1.28. The van der Waals surface area contributed by atoms with Crippen LogP contribution in [-0.4, -0.2) is 56.2 Å². The van der Waals surface area contributed by atoms with E-state index in [0.29, 0.717) is 51.3 Å². The third kappa shape index (κ3) is 6.93. The van der Waals surface area contributed by atoms with E-state index in [0.717, 1.165) is 12.8 Å². The van der Waals surface area contributed by atoms with Gasteiger partial charge in [-0.15, -0.1) is 0 Å². The molecule has 0 unspecified atom stereocenters. The summed E-state index contributed by atoms with van der Waals surface area (Å²) < 4.78 is 9.85. The lowest BCUT2D eigenvalue weighted by Crippen LogP contribution is -2.19. The molecular formula is C31H31N5O5S. The summed E-state index contributed by atoms with van der Waals surface area (Å²) in [6.07, 6.45) is 3.38. The second kappa shape index (κ2) is 13.3. The van der Waals surface area contributed by atoms with Crippen molar-refractivity contribution >= 4 is 51.3 Å². The Balaban J connectivity index is 1.27. The van der Waals surface area contributed by atoms with Crippen LogP contribution in [0.3, 0.4) is 0 Å². The molecule has 11 heteroatoms. The highest BCUT2D eigenvalue weighted by Gasteiger charge is 2.22. The van der Waals surface area contributed by atoms with Gasteiger partial charge in [0.15, 0.2) is 5.13 Å². The smallest absolute Gasteiger partial charge is 0.337 e. The van der Waals surface area contributed by atoms with Gasteiger partial charge in [-0.25, -0.2) is 9.78 Å². The summed E-state index contributed by atoms with van der Waals surface area (Å²) in [6, 6.07) is 20.0. The average Bonchev–Trinajstić information content (AvgIpc) is 3.65. The summed E-state index contributed by atoms with van der Waals surface area (Å²) in [5.74, 6) is -1.17. The molecule has 0 bridgehead atoms. The number of amides is 2. The third-order valence-corrected chi connectivity index (χ3v) is 7.75. The zero-order chi connectivity index (χ0) is 29.5. The number of thiazole rings is 1. The van der Waals surface area contributed by atoms with Crippen molar-refractivity contribution in [1.29, 1.82) is 0 Å². The quantitative estimate of drug-likeness (QED) is 0.142. The maximum Gasteiger partial charge on any atom is 0.337 e. The normalized spacial score (nSPS) is 12.3. The number of aromatic nitrogens is 1. The van der Waals surface area contributed by atoms with Crippen LogP contribution in [0.15, 0.2) is 72.9 Å². The summed E-state index contributed by atoms with van der Waals surface area (Å²) in [5, 5.41) is 13.1. The van der Waals surface area contributed by atoms with Crippen molar-refractivity contribution in [2.24, 2.45) is 0 Å². The third-order valence-electron chi connectivity index (χ3n) is 6.82. The highest BCUT2D eigenvalue weighted by Crippen LogP contribution is 2.29. The lowest BCUT2D eigenvalue weighted by molar-refractivity contribution is 0.0600. The van der Waals surface area contributed by atoms with Crippen LogP contribution in [0.2, 0.25) is 0 Å². The predicted octanol–water partition coefficient (Wildman–Crippen LogP) is 5.07. The molecule has 0 aliphatic heterocycles. The summed E-state index contributed by atoms with van der Waals surface area (Å²) in [7, 11) is 2.91. The molecule has 42 heavy (non-hydrogen) atoms. The van der Waals surface area contributed by atoms with Gasteiger partial charge in [0.1, 0.15) is 4.88 Å². The topological polar surface area (TPSA) is 131 Å². The van der Waals surface area contributed by atoms with E-state index in [9.17, 15) is 14.4 Å². The minimum absolute atomic E-state index is 0.230. The van der Waals surface area contributed by atoms with Gasteiger partial charge in [-0.2, -0.15) is 0 Å². The summed E-state index contributed by atoms with van der Waals surface area (Å²) in [4.78, 5) is 42.8. The molecule has 0 saturated carbocycles. The van der Waals surface area contributed by atoms with Crippen LogP contribution < -0.4 is 21.3 Å². The molecule has 1 aromatic heterocycles. The number of nitrogens with zero attached hydrogens (tertiary/aromatic N) is 1. The van der Waals surface area contributed by atoms with Gasteiger partial charge in [-0.05, 0) is 66.4 Å². The van der Waals surface area contributed by atoms with E-state index in [-0.39, 0.29) is 17.9 Å². The molecule has 0 saturated heterocycles. The monoisotopic (exact) mass is 585 g/mol. The molecule has 3 aromatic carbocycles. The highest BCUT2D eigenvalue weighted by atomic mass is 32.1. The number of methoxy groups -OCH3 is 2. The molecule has 2 amide bonds. The van der Waals surface area contributed by atoms with Crippen molar-refractivity contribution in [3.05, 3.63) is 100 Å². The Morgan fingerprint density at radius 1 is 0.881 bits per heavy atom. The number of benzene rings is 3. The molecule has 10 nitrogen and oxygen atoms in total. The Hall–Kier alpha value is -4.74. The fourth-order valence-electron chi connectivity index (χ4n) is 4.71. The Morgan fingerprint density at radius 2 is 1.60 bits per heavy atom. The first-order valence-electron chi connectivity index (χ1n) is 13.4. The number of carbonyl (C=O) groups excluding carboxylic acids is 3. The number of rotatable bonds is 11. The van der Waals surface area contributed by atoms with Crippen LogP contribution in [0, 0.1) is 0 Å². The Kier molecular flexibility index (Phi) is 9.10. The molecule has 216 valence electrons. The molecule has 4 aromatic rings. The molecule has 5 rings (SSSR count). The van der Waals surface area contributed by atoms with Crippen molar-refractivity contribution in [1.82, 2.24) is 4.98 Å². The lowest BCUT2D eigenvalue weighted by Gasteiger charge is -2.14. The Labute approximate surface area is 247 Å². The van der Waals surface area contributed by atoms with Crippen molar-refractivity contribution < 1.29 is 23.9 Å². The van der Waals surface area contributed by atoms with E-state index in [4.69, 9.17) is 9.47 Å². The number of anilines is 4. The van der Waals surface area contributed by atoms with Gasteiger partial charge in [-0.3, -0.25) is 9.59 Å². The molecule has 1 heterocycles. The molecule has 0 radical (unpaired) electrons. The number of nitrogens with one attached hydrogen (secondary N) is 4. The van der Waals surface area contributed by atoms with Crippen LogP contribution in [0.5, 0.6) is 0 Å². The number of carbonyl (C=O) groups is 3. The predicted molar refractivity (Wildman–Crippen MR) is 164 cm³/mol. The van der Waals surface area contributed by atoms with Crippen LogP contribution in [0.4, 0.5) is 22.2 Å². The maximum atomic E-state index is 13.2. The average molecular weight is 586 g/mol. The van der Waals surface area contributed by atoms with Gasteiger partial charge < -0.3 is 30.7 Å². The maximum absolute atomic E-state index is 13.2. The number of esters is 1. The van der Waals surface area contributed by atoms with Crippen molar-refractivity contribution in [3.8, 4) is 0 Å². The van der Waals surface area contributed by atoms with E-state index in [1.807, 2.05) is 12.1 Å². The molecule has 0 atom stereocenters. The zero-order valence-electron chi connectivity index (χ0n) is 23.2. The van der Waals surface area contributed by atoms with Gasteiger partial charge in [0.05, 0.1) is 36.9 Å². The van der Waals surface area contributed by atoms with E-state index < -0.39 is 5.97 Å². The minimum atomic E-state index is -0.460. The van der Waals surface area contributed by atoms with Gasteiger partial charge in [0, 0.05) is 30.9 Å². The molecule has 1 aliphatic carbocycles. The second-order valence-electron chi connectivity index (χ2n) is 9.71. The number of hydrogen-bond donors (Lipinski definition) is 4. The Bertz CT molecular complexity index is 1560. The first-order chi connectivity index (χ1) is 20.4. The van der Waals surface area contributed by atoms with E-state index in [1.54, 1.807) is 55.8 Å². The van der Waals surface area contributed by atoms with Crippen molar-refractivity contribution in [2.75, 3.05) is 48.6 Å². The van der Waals surface area contributed by atoms with Crippen molar-refractivity contribution in [2.45, 2.75) is 18.9 Å². The minimum Gasteiger partial charge on any atom is -0.465 e. The number of hydrogen-bond acceptors (Lipinski definition) is 9. The lowest BCUT2D eigenvalue weighted by atomic mass is 10.1. The zero-order valence-corrected chi connectivity index (χ0v) is 24.0. The number of fused-ring (bicyclic) bond motifs is 1. The van der Waals surface area contributed by atoms with Gasteiger partial charge in [-0.1, -0.05) is 35.6 Å². The number of ether oxygens (including phenoxy) is 2. The van der Waals surface area contributed by atoms with Crippen molar-refractivity contribution in [3.63, 3.8) is 0 Å². The van der Waals surface area contributed by atoms with Crippen LogP contribution in [0.1, 0.15) is 41.5 Å². The largest absolute Gasteiger partial charge is 0.465 e. The first kappa shape index (κ1) is 28.8. The van der Waals surface area contributed by atoms with E-state index in [2.05, 4.69) is 38.4 Å². The highest BCUT2D eigenvalue weighted by molar-refractivity contribution is 7.17. The standard InChI is InChI=1S/C31H31N5O5S/c1-40-14-13-32-25-12-9-22(28(37)34-23-10-7-19(8-11-23)30(39)41-2)17-26(25)36-29(38)27-18-33-31(42-27)35-24-15-20-5-3-4-6-21(20)16-24/h3-12,17-18,24,32H,13-16H2,1-2H3,(H,33,35)(H,34,37)(H,36,38). The SMILES string of the molecule is COCCNc1ccc(C(=O)Nc2ccc(C(=O)OC)cc2)cc1NC(=O)c1cnc(NC2Cc3ccccc3C2)s1. The molecular weight excluding hydrogens is 554 g/mol. The van der Waals surface area contributed by atoms with E-state index in [1.165, 1.54) is 29.6 Å². The fourth-order valence-corrected chi connectivity index (χ4v) is 5.50. The second-order valence-corrected chi connectivity index (χ2v) is 10.7. The Morgan fingerprint density at radius 3 is 2.29 bits per heavy atom.